The molecule has 0 saturated heterocycles. The number of nitrogens with one attached hydrogen (secondary N) is 1. The number of carbonyl (C=O) groups excluding carboxylic acids is 1. The number of furan rings is 1. The number of ether oxygens (including phenoxy) is 1. The number of rotatable bonds is 5. The highest BCUT2D eigenvalue weighted by Gasteiger charge is 2.12. The summed E-state index contributed by atoms with van der Waals surface area (Å²) in [4.78, 5) is 16.5. The van der Waals surface area contributed by atoms with Crippen LogP contribution < -0.4 is 5.32 Å². The number of amides is 1. The maximum atomic E-state index is 12.2. The fraction of sp³-hybridized carbons (Fsp3) is 0.235. The third-order valence-corrected chi connectivity index (χ3v) is 3.40. The summed E-state index contributed by atoms with van der Waals surface area (Å²) in [5.74, 6) is 1.18. The number of anilines is 1. The molecular formula is C17H18N4O3. The highest BCUT2D eigenvalue weighted by atomic mass is 16.5. The molecule has 0 fully saturated rings. The highest BCUT2D eigenvalue weighted by Crippen LogP contribution is 2.15. The third-order valence-electron chi connectivity index (χ3n) is 3.40. The Kier molecular flexibility index (Phi) is 4.43. The summed E-state index contributed by atoms with van der Waals surface area (Å²) in [6, 6.07) is 8.87. The van der Waals surface area contributed by atoms with E-state index in [9.17, 15) is 4.79 Å². The highest BCUT2D eigenvalue weighted by molar-refractivity contribution is 6.02. The summed E-state index contributed by atoms with van der Waals surface area (Å²) in [6.45, 7) is 4.22. The number of aryl methyl sites for hydroxylation is 2. The van der Waals surface area contributed by atoms with E-state index in [-0.39, 0.29) is 11.7 Å². The molecule has 0 aliphatic rings. The van der Waals surface area contributed by atoms with E-state index in [1.807, 2.05) is 19.9 Å². The smallest absolute Gasteiger partial charge is 0.291 e. The molecule has 0 atom stereocenters. The van der Waals surface area contributed by atoms with E-state index < -0.39 is 0 Å². The van der Waals surface area contributed by atoms with Crippen LogP contribution in [-0.4, -0.2) is 27.8 Å². The molecule has 0 aliphatic carbocycles. The Morgan fingerprint density at radius 2 is 2.12 bits per heavy atom. The summed E-state index contributed by atoms with van der Waals surface area (Å²) in [5.41, 5.74) is 2.50. The van der Waals surface area contributed by atoms with Gasteiger partial charge < -0.3 is 14.5 Å². The van der Waals surface area contributed by atoms with Crippen molar-refractivity contribution in [1.29, 1.82) is 0 Å². The van der Waals surface area contributed by atoms with Gasteiger partial charge in [0, 0.05) is 12.8 Å². The molecule has 1 amide bonds. The first-order valence-corrected chi connectivity index (χ1v) is 7.45. The third kappa shape index (κ3) is 3.36. The molecule has 0 aromatic carbocycles. The molecule has 0 unspecified atom stereocenters. The normalized spacial score (nSPS) is 10.8. The van der Waals surface area contributed by atoms with Crippen LogP contribution in [-0.2, 0) is 11.3 Å². The van der Waals surface area contributed by atoms with Gasteiger partial charge in [-0.1, -0.05) is 0 Å². The number of methoxy groups -OCH3 is 1. The molecule has 124 valence electrons. The van der Waals surface area contributed by atoms with Gasteiger partial charge in [0.2, 0.25) is 0 Å². The standard InChI is InChI=1S/C17H18N4O3/c1-11-8-12(2)21(20-11)16-7-4-13(9-18-16)19-17(22)15-6-5-14(24-15)10-23-3/h4-9H,10H2,1-3H3,(H,19,22). The van der Waals surface area contributed by atoms with Gasteiger partial charge in [-0.2, -0.15) is 5.10 Å². The number of nitrogens with zero attached hydrogens (tertiary/aromatic N) is 3. The molecule has 3 rings (SSSR count). The van der Waals surface area contributed by atoms with Gasteiger partial charge in [-0.05, 0) is 44.2 Å². The molecule has 3 aromatic heterocycles. The van der Waals surface area contributed by atoms with Gasteiger partial charge in [0.15, 0.2) is 11.6 Å². The predicted octanol–water partition coefficient (Wildman–Crippen LogP) is 2.88. The van der Waals surface area contributed by atoms with Crippen LogP contribution in [0.1, 0.15) is 27.7 Å². The van der Waals surface area contributed by atoms with Crippen LogP contribution in [0.4, 0.5) is 5.69 Å². The maximum absolute atomic E-state index is 12.2. The van der Waals surface area contributed by atoms with Crippen LogP contribution >= 0.6 is 0 Å². The first-order chi connectivity index (χ1) is 11.6. The summed E-state index contributed by atoms with van der Waals surface area (Å²) < 4.78 is 12.1. The molecule has 0 aliphatic heterocycles. The van der Waals surface area contributed by atoms with Crippen molar-refractivity contribution in [3.8, 4) is 5.82 Å². The zero-order valence-corrected chi connectivity index (χ0v) is 13.7. The van der Waals surface area contributed by atoms with Gasteiger partial charge in [-0.25, -0.2) is 9.67 Å². The number of hydrogen-bond acceptors (Lipinski definition) is 5. The van der Waals surface area contributed by atoms with E-state index in [1.54, 1.807) is 42.3 Å². The second kappa shape index (κ2) is 6.67. The van der Waals surface area contributed by atoms with Crippen molar-refractivity contribution in [2.24, 2.45) is 0 Å². The summed E-state index contributed by atoms with van der Waals surface area (Å²) in [6.07, 6.45) is 1.59. The van der Waals surface area contributed by atoms with Crippen LogP contribution in [0, 0.1) is 13.8 Å². The second-order valence-electron chi connectivity index (χ2n) is 5.40. The van der Waals surface area contributed by atoms with E-state index in [4.69, 9.17) is 9.15 Å². The minimum absolute atomic E-state index is 0.227. The summed E-state index contributed by atoms with van der Waals surface area (Å²) in [7, 11) is 1.57. The predicted molar refractivity (Wildman–Crippen MR) is 88.2 cm³/mol. The zero-order chi connectivity index (χ0) is 17.1. The SMILES string of the molecule is COCc1ccc(C(=O)Nc2ccc(-n3nc(C)cc3C)nc2)o1. The molecule has 3 heterocycles. The molecular weight excluding hydrogens is 308 g/mol. The second-order valence-corrected chi connectivity index (χ2v) is 5.40. The summed E-state index contributed by atoms with van der Waals surface area (Å²) >= 11 is 0. The average Bonchev–Trinajstić information content (AvgIpc) is 3.15. The minimum Gasteiger partial charge on any atom is -0.453 e. The largest absolute Gasteiger partial charge is 0.453 e. The lowest BCUT2D eigenvalue weighted by molar-refractivity contribution is 0.0987. The van der Waals surface area contributed by atoms with Crippen molar-refractivity contribution in [1.82, 2.24) is 14.8 Å². The van der Waals surface area contributed by atoms with Crippen molar-refractivity contribution in [3.05, 3.63) is 59.4 Å². The molecule has 24 heavy (non-hydrogen) atoms. The zero-order valence-electron chi connectivity index (χ0n) is 13.7. The van der Waals surface area contributed by atoms with Crippen molar-refractivity contribution in [2.75, 3.05) is 12.4 Å². The van der Waals surface area contributed by atoms with Gasteiger partial charge >= 0.3 is 0 Å². The lowest BCUT2D eigenvalue weighted by Crippen LogP contribution is -2.11. The van der Waals surface area contributed by atoms with E-state index in [0.29, 0.717) is 23.9 Å². The summed E-state index contributed by atoms with van der Waals surface area (Å²) in [5, 5.41) is 7.13. The first-order valence-electron chi connectivity index (χ1n) is 7.45. The Labute approximate surface area is 139 Å². The quantitative estimate of drug-likeness (QED) is 0.779. The number of aromatic nitrogens is 3. The maximum Gasteiger partial charge on any atom is 0.291 e. The van der Waals surface area contributed by atoms with Crippen LogP contribution in [0.15, 0.2) is 40.9 Å². The van der Waals surface area contributed by atoms with Crippen LogP contribution in [0.2, 0.25) is 0 Å². The van der Waals surface area contributed by atoms with Gasteiger partial charge in [-0.15, -0.1) is 0 Å². The Bertz CT molecular complexity index is 849. The van der Waals surface area contributed by atoms with Crippen molar-refractivity contribution >= 4 is 11.6 Å². The van der Waals surface area contributed by atoms with Crippen molar-refractivity contribution in [3.63, 3.8) is 0 Å². The molecule has 3 aromatic rings. The Balaban J connectivity index is 1.71. The molecule has 0 spiro atoms. The van der Waals surface area contributed by atoms with E-state index in [2.05, 4.69) is 15.4 Å². The fourth-order valence-electron chi connectivity index (χ4n) is 2.36. The van der Waals surface area contributed by atoms with Crippen molar-refractivity contribution < 1.29 is 13.9 Å². The molecule has 0 bridgehead atoms. The van der Waals surface area contributed by atoms with Crippen LogP contribution in [0.3, 0.4) is 0 Å². The lowest BCUT2D eigenvalue weighted by Gasteiger charge is -2.06. The Morgan fingerprint density at radius 3 is 2.75 bits per heavy atom. The van der Waals surface area contributed by atoms with E-state index in [1.165, 1.54) is 0 Å². The molecule has 1 N–H and O–H groups in total. The van der Waals surface area contributed by atoms with Gasteiger partial charge in [0.1, 0.15) is 12.4 Å². The van der Waals surface area contributed by atoms with Gasteiger partial charge in [-0.3, -0.25) is 4.79 Å². The number of hydrogen-bond donors (Lipinski definition) is 1. The van der Waals surface area contributed by atoms with Crippen LogP contribution in [0.25, 0.3) is 5.82 Å². The fourth-order valence-corrected chi connectivity index (χ4v) is 2.36. The van der Waals surface area contributed by atoms with E-state index >= 15 is 0 Å². The topological polar surface area (TPSA) is 82.2 Å². The number of pyridine rings is 1. The Morgan fingerprint density at radius 1 is 1.29 bits per heavy atom. The number of carbonyl (C=O) groups is 1. The monoisotopic (exact) mass is 326 g/mol. The van der Waals surface area contributed by atoms with Crippen molar-refractivity contribution in [2.45, 2.75) is 20.5 Å². The molecule has 7 heteroatoms. The molecule has 0 saturated carbocycles. The molecule has 7 nitrogen and oxygen atoms in total. The lowest BCUT2D eigenvalue weighted by atomic mass is 10.3. The average molecular weight is 326 g/mol. The van der Waals surface area contributed by atoms with E-state index in [0.717, 1.165) is 11.4 Å². The van der Waals surface area contributed by atoms with Gasteiger partial charge in [0.05, 0.1) is 17.6 Å². The minimum atomic E-state index is -0.335. The Hall–Kier alpha value is -2.93. The molecule has 0 radical (unpaired) electrons. The first kappa shape index (κ1) is 15.9. The van der Waals surface area contributed by atoms with Gasteiger partial charge in [0.25, 0.3) is 5.91 Å². The van der Waals surface area contributed by atoms with Crippen LogP contribution in [0.5, 0.6) is 0 Å².